The predicted octanol–water partition coefficient (Wildman–Crippen LogP) is 2.33. The molecule has 1 heterocycles. The number of benzene rings is 1. The van der Waals surface area contributed by atoms with E-state index in [1.165, 1.54) is 6.92 Å². The molecule has 0 spiro atoms. The van der Waals surface area contributed by atoms with Crippen molar-refractivity contribution in [3.05, 3.63) is 53.9 Å². The lowest BCUT2D eigenvalue weighted by atomic mass is 10.2. The van der Waals surface area contributed by atoms with Crippen LogP contribution in [0.2, 0.25) is 0 Å². The molecule has 19 heavy (non-hydrogen) atoms. The molecule has 1 amide bonds. The lowest BCUT2D eigenvalue weighted by Crippen LogP contribution is -2.19. The normalized spacial score (nSPS) is 10.8. The van der Waals surface area contributed by atoms with E-state index < -0.39 is 0 Å². The summed E-state index contributed by atoms with van der Waals surface area (Å²) in [7, 11) is 0. The monoisotopic (exact) mass is 255 g/mol. The molecule has 0 unspecified atom stereocenters. The summed E-state index contributed by atoms with van der Waals surface area (Å²) in [4.78, 5) is 10.7. The van der Waals surface area contributed by atoms with Gasteiger partial charge in [0, 0.05) is 25.2 Å². The first-order chi connectivity index (χ1) is 9.16. The molecule has 0 fully saturated rings. The van der Waals surface area contributed by atoms with E-state index in [1.54, 1.807) is 0 Å². The molecular formula is C15H17N3O. The van der Waals surface area contributed by atoms with Crippen molar-refractivity contribution in [2.75, 3.05) is 6.54 Å². The standard InChI is InChI=1S/C15H17N3O/c1-12-14(7-6-10-16-13(2)19)11-18(17-12)15-8-4-3-5-9-15/h3-9,11H,10H2,1-2H3,(H,16,19). The Kier molecular flexibility index (Phi) is 4.13. The zero-order valence-corrected chi connectivity index (χ0v) is 11.1. The van der Waals surface area contributed by atoms with Gasteiger partial charge in [-0.1, -0.05) is 30.4 Å². The van der Waals surface area contributed by atoms with Gasteiger partial charge in [-0.05, 0) is 19.1 Å². The van der Waals surface area contributed by atoms with Crippen molar-refractivity contribution in [3.63, 3.8) is 0 Å². The van der Waals surface area contributed by atoms with Crippen LogP contribution in [0.25, 0.3) is 11.8 Å². The Hall–Kier alpha value is -2.36. The molecule has 0 saturated heterocycles. The third-order valence-corrected chi connectivity index (χ3v) is 2.72. The highest BCUT2D eigenvalue weighted by molar-refractivity contribution is 5.73. The van der Waals surface area contributed by atoms with Gasteiger partial charge in [0.1, 0.15) is 0 Å². The summed E-state index contributed by atoms with van der Waals surface area (Å²) in [6.45, 7) is 4.01. The molecule has 0 radical (unpaired) electrons. The Morgan fingerprint density at radius 1 is 1.37 bits per heavy atom. The van der Waals surface area contributed by atoms with Crippen molar-refractivity contribution in [2.45, 2.75) is 13.8 Å². The first-order valence-corrected chi connectivity index (χ1v) is 6.19. The summed E-state index contributed by atoms with van der Waals surface area (Å²) in [5.41, 5.74) is 3.05. The van der Waals surface area contributed by atoms with E-state index >= 15 is 0 Å². The molecule has 0 aliphatic heterocycles. The number of hydrogen-bond acceptors (Lipinski definition) is 2. The molecule has 4 nitrogen and oxygen atoms in total. The Labute approximate surface area is 112 Å². The number of carbonyl (C=O) groups excluding carboxylic acids is 1. The fraction of sp³-hybridized carbons (Fsp3) is 0.200. The number of rotatable bonds is 4. The van der Waals surface area contributed by atoms with Gasteiger partial charge in [-0.3, -0.25) is 4.79 Å². The average molecular weight is 255 g/mol. The van der Waals surface area contributed by atoms with E-state index in [0.717, 1.165) is 16.9 Å². The number of nitrogens with one attached hydrogen (secondary N) is 1. The number of hydrogen-bond donors (Lipinski definition) is 1. The van der Waals surface area contributed by atoms with Crippen molar-refractivity contribution in [1.29, 1.82) is 0 Å². The van der Waals surface area contributed by atoms with E-state index in [1.807, 2.05) is 60.3 Å². The summed E-state index contributed by atoms with van der Waals surface area (Å²) in [5.74, 6) is -0.0265. The first-order valence-electron chi connectivity index (χ1n) is 6.19. The second-order valence-electron chi connectivity index (χ2n) is 4.29. The molecule has 1 aromatic heterocycles. The molecule has 0 atom stereocenters. The molecule has 1 N–H and O–H groups in total. The van der Waals surface area contributed by atoms with Gasteiger partial charge in [-0.15, -0.1) is 0 Å². The maximum atomic E-state index is 10.7. The van der Waals surface area contributed by atoms with Crippen LogP contribution in [0.15, 0.2) is 42.6 Å². The molecule has 0 saturated carbocycles. The minimum atomic E-state index is -0.0265. The highest BCUT2D eigenvalue weighted by Crippen LogP contribution is 2.12. The van der Waals surface area contributed by atoms with Crippen LogP contribution in [0.1, 0.15) is 18.2 Å². The van der Waals surface area contributed by atoms with E-state index in [4.69, 9.17) is 0 Å². The van der Waals surface area contributed by atoms with Crippen LogP contribution in [-0.2, 0) is 4.79 Å². The number of aryl methyl sites for hydroxylation is 1. The lowest BCUT2D eigenvalue weighted by Gasteiger charge is -1.98. The lowest BCUT2D eigenvalue weighted by molar-refractivity contribution is -0.118. The number of carbonyl (C=O) groups is 1. The Balaban J connectivity index is 2.11. The van der Waals surface area contributed by atoms with Crippen LogP contribution in [0.5, 0.6) is 0 Å². The van der Waals surface area contributed by atoms with Crippen LogP contribution in [-0.4, -0.2) is 22.2 Å². The van der Waals surface area contributed by atoms with Crippen LogP contribution >= 0.6 is 0 Å². The van der Waals surface area contributed by atoms with Crippen LogP contribution < -0.4 is 5.32 Å². The van der Waals surface area contributed by atoms with Gasteiger partial charge >= 0.3 is 0 Å². The fourth-order valence-electron chi connectivity index (χ4n) is 1.74. The van der Waals surface area contributed by atoms with Crippen molar-refractivity contribution in [1.82, 2.24) is 15.1 Å². The largest absolute Gasteiger partial charge is 0.353 e. The minimum absolute atomic E-state index is 0.0265. The van der Waals surface area contributed by atoms with Crippen LogP contribution in [0, 0.1) is 6.92 Å². The van der Waals surface area contributed by atoms with Gasteiger partial charge in [0.05, 0.1) is 11.4 Å². The molecule has 98 valence electrons. The second kappa shape index (κ2) is 6.00. The zero-order chi connectivity index (χ0) is 13.7. The maximum absolute atomic E-state index is 10.7. The van der Waals surface area contributed by atoms with E-state index in [0.29, 0.717) is 6.54 Å². The third kappa shape index (κ3) is 3.55. The summed E-state index contributed by atoms with van der Waals surface area (Å²) in [6, 6.07) is 9.97. The molecule has 0 aliphatic carbocycles. The van der Waals surface area contributed by atoms with Crippen molar-refractivity contribution in [3.8, 4) is 5.69 Å². The smallest absolute Gasteiger partial charge is 0.217 e. The summed E-state index contributed by atoms with van der Waals surface area (Å²) >= 11 is 0. The maximum Gasteiger partial charge on any atom is 0.217 e. The Morgan fingerprint density at radius 2 is 2.11 bits per heavy atom. The highest BCUT2D eigenvalue weighted by atomic mass is 16.1. The van der Waals surface area contributed by atoms with Gasteiger partial charge in [0.25, 0.3) is 0 Å². The van der Waals surface area contributed by atoms with E-state index in [-0.39, 0.29) is 5.91 Å². The van der Waals surface area contributed by atoms with Crippen molar-refractivity contribution >= 4 is 12.0 Å². The van der Waals surface area contributed by atoms with Gasteiger partial charge in [-0.25, -0.2) is 4.68 Å². The Morgan fingerprint density at radius 3 is 2.79 bits per heavy atom. The second-order valence-corrected chi connectivity index (χ2v) is 4.29. The quantitative estimate of drug-likeness (QED) is 0.911. The molecule has 0 aliphatic rings. The molecule has 4 heteroatoms. The molecule has 2 rings (SSSR count). The fourth-order valence-corrected chi connectivity index (χ4v) is 1.74. The summed E-state index contributed by atoms with van der Waals surface area (Å²) < 4.78 is 1.85. The summed E-state index contributed by atoms with van der Waals surface area (Å²) in [5, 5.41) is 7.19. The predicted molar refractivity (Wildman–Crippen MR) is 76.0 cm³/mol. The highest BCUT2D eigenvalue weighted by Gasteiger charge is 2.02. The molecule has 2 aromatic rings. The van der Waals surface area contributed by atoms with Gasteiger partial charge < -0.3 is 5.32 Å². The summed E-state index contributed by atoms with van der Waals surface area (Å²) in [6.07, 6.45) is 5.87. The van der Waals surface area contributed by atoms with Gasteiger partial charge in [0.2, 0.25) is 5.91 Å². The van der Waals surface area contributed by atoms with E-state index in [2.05, 4.69) is 10.4 Å². The van der Waals surface area contributed by atoms with Crippen LogP contribution in [0.3, 0.4) is 0 Å². The SMILES string of the molecule is CC(=O)NCC=Cc1cn(-c2ccccc2)nc1C. The molecule has 0 bridgehead atoms. The van der Waals surface area contributed by atoms with Crippen LogP contribution in [0.4, 0.5) is 0 Å². The first kappa shape index (κ1) is 13.1. The van der Waals surface area contributed by atoms with Gasteiger partial charge in [0.15, 0.2) is 0 Å². The third-order valence-electron chi connectivity index (χ3n) is 2.72. The molecule has 1 aromatic carbocycles. The number of para-hydroxylation sites is 1. The minimum Gasteiger partial charge on any atom is -0.353 e. The average Bonchev–Trinajstić information content (AvgIpc) is 2.77. The van der Waals surface area contributed by atoms with Gasteiger partial charge in [-0.2, -0.15) is 5.10 Å². The topological polar surface area (TPSA) is 46.9 Å². The Bertz CT molecular complexity index is 585. The van der Waals surface area contributed by atoms with Crippen molar-refractivity contribution in [2.24, 2.45) is 0 Å². The number of nitrogens with zero attached hydrogens (tertiary/aromatic N) is 2. The van der Waals surface area contributed by atoms with Crippen molar-refractivity contribution < 1.29 is 4.79 Å². The number of amides is 1. The van der Waals surface area contributed by atoms with E-state index in [9.17, 15) is 4.79 Å². The zero-order valence-electron chi connectivity index (χ0n) is 11.1. The molecular weight excluding hydrogens is 238 g/mol. The number of aromatic nitrogens is 2.